The molecule has 2 heterocycles. The fourth-order valence-electron chi connectivity index (χ4n) is 5.42. The number of amides is 1. The van der Waals surface area contributed by atoms with Crippen LogP contribution in [-0.2, 0) is 27.0 Å². The number of aromatic amines is 1. The van der Waals surface area contributed by atoms with E-state index in [4.69, 9.17) is 14.2 Å². The maximum atomic E-state index is 14.1. The number of rotatable bonds is 11. The lowest BCUT2D eigenvalue weighted by molar-refractivity contribution is -0.118. The van der Waals surface area contributed by atoms with Crippen LogP contribution in [0.2, 0.25) is 0 Å². The molecule has 0 fully saturated rings. The second-order valence-corrected chi connectivity index (χ2v) is 13.2. The van der Waals surface area contributed by atoms with Crippen LogP contribution in [0.1, 0.15) is 44.4 Å². The number of hydrogen-bond donors (Lipinski definition) is 2. The number of nitrogens with one attached hydrogen (secondary N) is 2. The van der Waals surface area contributed by atoms with Crippen LogP contribution in [0, 0.1) is 6.92 Å². The second kappa shape index (κ2) is 12.7. The molecule has 0 saturated heterocycles. The van der Waals surface area contributed by atoms with Gasteiger partial charge in [-0.1, -0.05) is 30.3 Å². The van der Waals surface area contributed by atoms with Gasteiger partial charge < -0.3 is 19.2 Å². The van der Waals surface area contributed by atoms with Crippen molar-refractivity contribution in [3.8, 4) is 22.9 Å². The van der Waals surface area contributed by atoms with Gasteiger partial charge in [-0.25, -0.2) is 8.42 Å². The molecule has 0 aliphatic carbocycles. The number of nitrogens with zero attached hydrogens (tertiary/aromatic N) is 1. The summed E-state index contributed by atoms with van der Waals surface area (Å²) >= 11 is 0. The van der Waals surface area contributed by atoms with E-state index in [-0.39, 0.29) is 24.2 Å². The average molecular weight is 632 g/mol. The number of sulfonamides is 1. The first-order chi connectivity index (χ1) is 21.4. The van der Waals surface area contributed by atoms with E-state index in [1.165, 1.54) is 11.7 Å². The molecule has 0 radical (unpaired) electrons. The predicted molar refractivity (Wildman–Crippen MR) is 175 cm³/mol. The van der Waals surface area contributed by atoms with Crippen LogP contribution in [0.25, 0.3) is 27.4 Å². The Kier molecular flexibility index (Phi) is 8.92. The van der Waals surface area contributed by atoms with Crippen molar-refractivity contribution in [3.63, 3.8) is 0 Å². The number of ether oxygens (including phenoxy) is 3. The minimum atomic E-state index is -4.00. The highest BCUT2D eigenvalue weighted by Crippen LogP contribution is 2.42. The van der Waals surface area contributed by atoms with Gasteiger partial charge in [0.25, 0.3) is 5.56 Å². The summed E-state index contributed by atoms with van der Waals surface area (Å²) in [5.41, 5.74) is 2.73. The summed E-state index contributed by atoms with van der Waals surface area (Å²) < 4.78 is 47.2. The zero-order chi connectivity index (χ0) is 32.5. The first kappa shape index (κ1) is 31.6. The summed E-state index contributed by atoms with van der Waals surface area (Å²) in [4.78, 5) is 29.9. The Morgan fingerprint density at radius 2 is 1.67 bits per heavy atom. The Hall–Kier alpha value is -4.77. The Morgan fingerprint density at radius 1 is 0.956 bits per heavy atom. The maximum absolute atomic E-state index is 14.1. The summed E-state index contributed by atoms with van der Waals surface area (Å²) in [6.45, 7) is 9.46. The van der Waals surface area contributed by atoms with Gasteiger partial charge in [0.15, 0.2) is 5.75 Å². The molecule has 3 aromatic carbocycles. The third-order valence-corrected chi connectivity index (χ3v) is 8.41. The first-order valence-electron chi connectivity index (χ1n) is 14.6. The number of para-hydroxylation sites is 1. The molecule has 11 heteroatoms. The molecular weight excluding hydrogens is 594 g/mol. The lowest BCUT2D eigenvalue weighted by Gasteiger charge is -2.18. The smallest absolute Gasteiger partial charge is 0.266 e. The zero-order valence-corrected chi connectivity index (χ0v) is 26.9. The molecule has 45 heavy (non-hydrogen) atoms. The number of benzene rings is 3. The zero-order valence-electron chi connectivity index (χ0n) is 26.1. The van der Waals surface area contributed by atoms with Crippen molar-refractivity contribution in [3.05, 3.63) is 94.0 Å². The Bertz CT molecular complexity index is 2060. The summed E-state index contributed by atoms with van der Waals surface area (Å²) in [7, 11) is -2.51. The lowest BCUT2D eigenvalue weighted by atomic mass is 10.1. The number of carbonyl (C=O) groups excluding carboxylic acids is 1. The maximum Gasteiger partial charge on any atom is 0.266 e. The molecule has 0 aliphatic rings. The molecule has 0 spiro atoms. The minimum absolute atomic E-state index is 0.146. The monoisotopic (exact) mass is 631 g/mol. The molecule has 0 unspecified atom stereocenters. The number of fused-ring (bicyclic) bond motifs is 2. The van der Waals surface area contributed by atoms with Crippen molar-refractivity contribution < 1.29 is 27.4 Å². The van der Waals surface area contributed by atoms with Crippen LogP contribution in [-0.4, -0.2) is 43.2 Å². The van der Waals surface area contributed by atoms with Gasteiger partial charge in [-0.2, -0.15) is 0 Å². The van der Waals surface area contributed by atoms with Crippen molar-refractivity contribution >= 4 is 37.6 Å². The highest BCUT2D eigenvalue weighted by atomic mass is 32.2. The van der Waals surface area contributed by atoms with Gasteiger partial charge in [0, 0.05) is 23.3 Å². The Morgan fingerprint density at radius 3 is 2.36 bits per heavy atom. The van der Waals surface area contributed by atoms with Gasteiger partial charge in [-0.05, 0) is 70.0 Å². The summed E-state index contributed by atoms with van der Waals surface area (Å²) in [6, 6.07) is 15.7. The fourth-order valence-corrected chi connectivity index (χ4v) is 6.53. The van der Waals surface area contributed by atoms with Crippen LogP contribution in [0.4, 0.5) is 0 Å². The van der Waals surface area contributed by atoms with E-state index in [1.54, 1.807) is 61.8 Å². The predicted octanol–water partition coefficient (Wildman–Crippen LogP) is 5.55. The molecule has 236 valence electrons. The van der Waals surface area contributed by atoms with Crippen molar-refractivity contribution in [1.82, 2.24) is 14.3 Å². The Balaban J connectivity index is 1.49. The number of carbonyl (C=O) groups is 1. The molecule has 5 rings (SSSR count). The Labute approximate surface area is 262 Å². The molecule has 2 N–H and O–H groups in total. The third-order valence-electron chi connectivity index (χ3n) is 7.16. The SMILES string of the molecule is COc1ccccc1CC(=O)NS(=O)(=O)Cc1ccc(-n2cc3c(OC(C)C)c4[nH]cccc4c(OC(C)C)c3c2=O)c(C)c1. The number of aryl methyl sites for hydroxylation is 1. The number of aromatic nitrogens is 2. The molecule has 10 nitrogen and oxygen atoms in total. The van der Waals surface area contributed by atoms with E-state index < -0.39 is 21.7 Å². The van der Waals surface area contributed by atoms with Gasteiger partial charge in [-0.3, -0.25) is 18.9 Å². The molecule has 2 aromatic heterocycles. The van der Waals surface area contributed by atoms with E-state index >= 15 is 0 Å². The van der Waals surface area contributed by atoms with Gasteiger partial charge in [0.1, 0.15) is 11.5 Å². The summed E-state index contributed by atoms with van der Waals surface area (Å²) in [6.07, 6.45) is 3.05. The molecule has 5 aromatic rings. The first-order valence-corrected chi connectivity index (χ1v) is 16.3. The highest BCUT2D eigenvalue weighted by molar-refractivity contribution is 7.89. The van der Waals surface area contributed by atoms with E-state index in [9.17, 15) is 18.0 Å². The van der Waals surface area contributed by atoms with Crippen molar-refractivity contribution in [2.75, 3.05) is 7.11 Å². The second-order valence-electron chi connectivity index (χ2n) is 11.4. The van der Waals surface area contributed by atoms with Crippen LogP contribution < -0.4 is 24.5 Å². The van der Waals surface area contributed by atoms with Gasteiger partial charge >= 0.3 is 0 Å². The van der Waals surface area contributed by atoms with Gasteiger partial charge in [0.05, 0.1) is 53.5 Å². The number of hydrogen-bond acceptors (Lipinski definition) is 7. The average Bonchev–Trinajstić information content (AvgIpc) is 3.30. The highest BCUT2D eigenvalue weighted by Gasteiger charge is 2.25. The largest absolute Gasteiger partial charge is 0.496 e. The van der Waals surface area contributed by atoms with Gasteiger partial charge in [0.2, 0.25) is 15.9 Å². The molecule has 0 bridgehead atoms. The normalized spacial score (nSPS) is 11.8. The quantitative estimate of drug-likeness (QED) is 0.196. The molecule has 1 amide bonds. The molecule has 0 saturated carbocycles. The van der Waals surface area contributed by atoms with Crippen LogP contribution in [0.15, 0.2) is 71.8 Å². The number of pyridine rings is 1. The number of H-pyrrole nitrogens is 1. The van der Waals surface area contributed by atoms with Crippen molar-refractivity contribution in [2.24, 2.45) is 0 Å². The van der Waals surface area contributed by atoms with E-state index in [1.807, 2.05) is 39.8 Å². The van der Waals surface area contributed by atoms with Crippen molar-refractivity contribution in [2.45, 2.75) is 59.0 Å². The third kappa shape index (κ3) is 6.68. The van der Waals surface area contributed by atoms with E-state index in [2.05, 4.69) is 9.71 Å². The number of methoxy groups -OCH3 is 1. The standard InChI is InChI=1S/C34H37N3O7S/c1-20(2)43-32-25-11-9-15-35-31(25)33(44-21(3)4)26-18-37(34(39)30(26)32)27-14-13-23(16-22(27)5)19-45(40,41)36-29(38)17-24-10-7-8-12-28(24)42-6/h7-16,18,20-21,35H,17,19H2,1-6H3,(H,36,38). The molecular formula is C34H37N3O7S. The van der Waals surface area contributed by atoms with Gasteiger partial charge in [-0.15, -0.1) is 0 Å². The lowest BCUT2D eigenvalue weighted by Crippen LogP contribution is -2.32. The van der Waals surface area contributed by atoms with Crippen LogP contribution in [0.5, 0.6) is 17.2 Å². The minimum Gasteiger partial charge on any atom is -0.496 e. The van der Waals surface area contributed by atoms with Crippen LogP contribution in [0.3, 0.4) is 0 Å². The summed E-state index contributed by atoms with van der Waals surface area (Å²) in [5, 5.41) is 1.73. The summed E-state index contributed by atoms with van der Waals surface area (Å²) in [5.74, 6) is 0.446. The fraction of sp³-hybridized carbons (Fsp3) is 0.294. The van der Waals surface area contributed by atoms with Crippen LogP contribution >= 0.6 is 0 Å². The molecule has 0 atom stereocenters. The topological polar surface area (TPSA) is 129 Å². The van der Waals surface area contributed by atoms with E-state index in [0.29, 0.717) is 50.4 Å². The van der Waals surface area contributed by atoms with Crippen molar-refractivity contribution in [1.29, 1.82) is 0 Å². The molecule has 0 aliphatic heterocycles. The van der Waals surface area contributed by atoms with E-state index in [0.717, 1.165) is 10.9 Å².